The molecule has 1 aliphatic rings. The first-order valence-corrected chi connectivity index (χ1v) is 5.58. The third kappa shape index (κ3) is 2.32. The first-order chi connectivity index (χ1) is 7.04. The Morgan fingerprint density at radius 1 is 1.53 bits per heavy atom. The number of aliphatic hydroxyl groups is 1. The lowest BCUT2D eigenvalue weighted by atomic mass is 10.1. The summed E-state index contributed by atoms with van der Waals surface area (Å²) in [7, 11) is 1.43. The van der Waals surface area contributed by atoms with Gasteiger partial charge < -0.3 is 9.84 Å². The number of benzene rings is 1. The molecule has 2 rings (SSSR count). The molecule has 0 atom stereocenters. The lowest BCUT2D eigenvalue weighted by Crippen LogP contribution is -2.11. The second-order valence-electron chi connectivity index (χ2n) is 4.00. The van der Waals surface area contributed by atoms with Crippen molar-refractivity contribution in [2.75, 3.05) is 7.11 Å². The highest BCUT2D eigenvalue weighted by Gasteiger charge is 2.40. The predicted octanol–water partition coefficient (Wildman–Crippen LogP) is 2.66. The van der Waals surface area contributed by atoms with Gasteiger partial charge in [0.25, 0.3) is 0 Å². The van der Waals surface area contributed by atoms with Crippen LogP contribution >= 0.6 is 15.9 Å². The van der Waals surface area contributed by atoms with Crippen molar-refractivity contribution in [1.82, 2.24) is 0 Å². The van der Waals surface area contributed by atoms with Crippen LogP contribution in [0.1, 0.15) is 18.4 Å². The van der Waals surface area contributed by atoms with Gasteiger partial charge in [0.15, 0.2) is 11.6 Å². The van der Waals surface area contributed by atoms with E-state index in [1.807, 2.05) is 0 Å². The van der Waals surface area contributed by atoms with Gasteiger partial charge in [0.2, 0.25) is 0 Å². The molecule has 0 unspecified atom stereocenters. The molecule has 1 N–H and O–H groups in total. The van der Waals surface area contributed by atoms with Crippen LogP contribution in [0.5, 0.6) is 5.75 Å². The molecule has 15 heavy (non-hydrogen) atoms. The SMILES string of the molecule is COc1cc(CC2(O)CC2)cc(Br)c1F. The molecule has 0 spiro atoms. The zero-order chi connectivity index (χ0) is 11.1. The van der Waals surface area contributed by atoms with Crippen molar-refractivity contribution >= 4 is 15.9 Å². The van der Waals surface area contributed by atoms with Crippen LogP contribution in [-0.4, -0.2) is 17.8 Å². The van der Waals surface area contributed by atoms with E-state index in [2.05, 4.69) is 15.9 Å². The molecule has 82 valence electrons. The zero-order valence-corrected chi connectivity index (χ0v) is 9.97. The minimum Gasteiger partial charge on any atom is -0.494 e. The van der Waals surface area contributed by atoms with Gasteiger partial charge in [-0.25, -0.2) is 4.39 Å². The van der Waals surface area contributed by atoms with E-state index in [0.29, 0.717) is 10.9 Å². The molecule has 0 bridgehead atoms. The molecule has 2 nitrogen and oxygen atoms in total. The van der Waals surface area contributed by atoms with Crippen LogP contribution in [-0.2, 0) is 6.42 Å². The Morgan fingerprint density at radius 2 is 2.20 bits per heavy atom. The van der Waals surface area contributed by atoms with E-state index in [4.69, 9.17) is 4.74 Å². The third-order valence-electron chi connectivity index (χ3n) is 2.63. The average Bonchev–Trinajstić information content (AvgIpc) is 2.89. The molecule has 0 radical (unpaired) electrons. The normalized spacial score (nSPS) is 17.6. The number of hydrogen-bond acceptors (Lipinski definition) is 2. The minimum atomic E-state index is -0.567. The van der Waals surface area contributed by atoms with E-state index in [0.717, 1.165) is 18.4 Å². The Bertz CT molecular complexity index is 388. The van der Waals surface area contributed by atoms with Crippen molar-refractivity contribution < 1.29 is 14.2 Å². The Balaban J connectivity index is 2.28. The van der Waals surface area contributed by atoms with Crippen molar-refractivity contribution in [1.29, 1.82) is 0 Å². The molecular weight excluding hydrogens is 263 g/mol. The number of halogens is 2. The Kier molecular flexibility index (Phi) is 2.73. The number of rotatable bonds is 3. The molecule has 1 aliphatic carbocycles. The topological polar surface area (TPSA) is 29.5 Å². The Morgan fingerprint density at radius 3 is 2.73 bits per heavy atom. The van der Waals surface area contributed by atoms with Crippen LogP contribution in [0.15, 0.2) is 16.6 Å². The Hall–Kier alpha value is -0.610. The summed E-state index contributed by atoms with van der Waals surface area (Å²) in [6.45, 7) is 0. The summed E-state index contributed by atoms with van der Waals surface area (Å²) < 4.78 is 18.7. The van der Waals surface area contributed by atoms with Crippen LogP contribution in [0.4, 0.5) is 4.39 Å². The van der Waals surface area contributed by atoms with Crippen molar-refractivity contribution in [2.45, 2.75) is 24.9 Å². The lowest BCUT2D eigenvalue weighted by Gasteiger charge is -2.10. The number of methoxy groups -OCH3 is 1. The van der Waals surface area contributed by atoms with Gasteiger partial charge >= 0.3 is 0 Å². The second-order valence-corrected chi connectivity index (χ2v) is 4.85. The summed E-state index contributed by atoms with van der Waals surface area (Å²) in [4.78, 5) is 0. The molecule has 1 aromatic rings. The van der Waals surface area contributed by atoms with Gasteiger partial charge in [-0.1, -0.05) is 0 Å². The predicted molar refractivity (Wildman–Crippen MR) is 58.5 cm³/mol. The van der Waals surface area contributed by atoms with Crippen molar-refractivity contribution in [3.63, 3.8) is 0 Å². The molecule has 0 heterocycles. The van der Waals surface area contributed by atoms with E-state index >= 15 is 0 Å². The van der Waals surface area contributed by atoms with Crippen LogP contribution < -0.4 is 4.74 Å². The fraction of sp³-hybridized carbons (Fsp3) is 0.455. The largest absolute Gasteiger partial charge is 0.494 e. The molecule has 1 saturated carbocycles. The smallest absolute Gasteiger partial charge is 0.179 e. The van der Waals surface area contributed by atoms with Crippen molar-refractivity contribution in [3.05, 3.63) is 28.0 Å². The summed E-state index contributed by atoms with van der Waals surface area (Å²) in [6, 6.07) is 3.32. The lowest BCUT2D eigenvalue weighted by molar-refractivity contribution is 0.151. The summed E-state index contributed by atoms with van der Waals surface area (Å²) in [5.74, 6) is -0.187. The summed E-state index contributed by atoms with van der Waals surface area (Å²) in [5, 5.41) is 9.76. The third-order valence-corrected chi connectivity index (χ3v) is 3.21. The van der Waals surface area contributed by atoms with E-state index in [1.54, 1.807) is 12.1 Å². The molecule has 1 aromatic carbocycles. The molecule has 1 fully saturated rings. The number of ether oxygens (including phenoxy) is 1. The molecular formula is C11H12BrFO2. The first kappa shape index (κ1) is 10.9. The molecule has 0 saturated heterocycles. The monoisotopic (exact) mass is 274 g/mol. The van der Waals surface area contributed by atoms with E-state index in [1.165, 1.54) is 7.11 Å². The highest BCUT2D eigenvalue weighted by molar-refractivity contribution is 9.10. The molecule has 4 heteroatoms. The maximum absolute atomic E-state index is 13.4. The van der Waals surface area contributed by atoms with Gasteiger partial charge in [-0.2, -0.15) is 0 Å². The summed E-state index contributed by atoms with van der Waals surface area (Å²) >= 11 is 3.13. The van der Waals surface area contributed by atoms with Gasteiger partial charge in [-0.05, 0) is 46.5 Å². The van der Waals surface area contributed by atoms with Gasteiger partial charge in [0, 0.05) is 6.42 Å². The van der Waals surface area contributed by atoms with Crippen molar-refractivity contribution in [3.8, 4) is 5.75 Å². The van der Waals surface area contributed by atoms with Crippen molar-refractivity contribution in [2.24, 2.45) is 0 Å². The quantitative estimate of drug-likeness (QED) is 0.919. The molecule has 0 aliphatic heterocycles. The Labute approximate surface area is 96.2 Å². The molecule has 0 aromatic heterocycles. The maximum Gasteiger partial charge on any atom is 0.179 e. The highest BCUT2D eigenvalue weighted by atomic mass is 79.9. The van der Waals surface area contributed by atoms with Gasteiger partial charge in [-0.15, -0.1) is 0 Å². The fourth-order valence-electron chi connectivity index (χ4n) is 1.57. The maximum atomic E-state index is 13.4. The summed E-state index contributed by atoms with van der Waals surface area (Å²) in [5.41, 5.74) is 0.322. The second kappa shape index (κ2) is 3.76. The average molecular weight is 275 g/mol. The van der Waals surface area contributed by atoms with E-state index < -0.39 is 11.4 Å². The standard InChI is InChI=1S/C11H12BrFO2/c1-15-9-5-7(4-8(12)10(9)13)6-11(14)2-3-11/h4-5,14H,2-3,6H2,1H3. The van der Waals surface area contributed by atoms with Gasteiger partial charge in [0.05, 0.1) is 17.2 Å². The van der Waals surface area contributed by atoms with E-state index in [-0.39, 0.29) is 5.75 Å². The number of hydrogen-bond donors (Lipinski definition) is 1. The van der Waals surface area contributed by atoms with Crippen LogP contribution in [0.3, 0.4) is 0 Å². The molecule has 0 amide bonds. The first-order valence-electron chi connectivity index (χ1n) is 4.78. The highest BCUT2D eigenvalue weighted by Crippen LogP contribution is 2.39. The zero-order valence-electron chi connectivity index (χ0n) is 8.39. The van der Waals surface area contributed by atoms with Gasteiger partial charge in [0.1, 0.15) is 0 Å². The van der Waals surface area contributed by atoms with Crippen LogP contribution in [0.25, 0.3) is 0 Å². The van der Waals surface area contributed by atoms with Crippen LogP contribution in [0, 0.1) is 5.82 Å². The van der Waals surface area contributed by atoms with Crippen LogP contribution in [0.2, 0.25) is 0 Å². The van der Waals surface area contributed by atoms with E-state index in [9.17, 15) is 9.50 Å². The fourth-order valence-corrected chi connectivity index (χ4v) is 2.06. The minimum absolute atomic E-state index is 0.212. The summed E-state index contributed by atoms with van der Waals surface area (Å²) in [6.07, 6.45) is 2.21. The van der Waals surface area contributed by atoms with Gasteiger partial charge in [-0.3, -0.25) is 0 Å².